The first-order valence-corrected chi connectivity index (χ1v) is 13.3. The number of carbonyl (C=O) groups is 2. The van der Waals surface area contributed by atoms with Gasteiger partial charge < -0.3 is 9.84 Å². The molecule has 5 aliphatic rings. The molecule has 1 saturated heterocycles. The molecule has 2 bridgehead atoms. The van der Waals surface area contributed by atoms with E-state index in [0.717, 1.165) is 31.3 Å². The number of rotatable bonds is 3. The minimum atomic E-state index is -0.625. The molecule has 1 N–H and O–H groups in total. The highest BCUT2D eigenvalue weighted by molar-refractivity contribution is 5.86. The van der Waals surface area contributed by atoms with E-state index in [1.807, 2.05) is 19.9 Å². The van der Waals surface area contributed by atoms with Crippen LogP contribution in [0.4, 0.5) is 0 Å². The summed E-state index contributed by atoms with van der Waals surface area (Å²) in [5.74, 6) is 0.480. The van der Waals surface area contributed by atoms with Crippen molar-refractivity contribution in [3.8, 4) is 0 Å². The van der Waals surface area contributed by atoms with Crippen LogP contribution in [0.1, 0.15) is 87.0 Å². The van der Waals surface area contributed by atoms with Crippen molar-refractivity contribution < 1.29 is 19.4 Å². The molecule has 0 aromatic carbocycles. The monoisotopic (exact) mass is 466 g/mol. The zero-order chi connectivity index (χ0) is 24.8. The van der Waals surface area contributed by atoms with Crippen molar-refractivity contribution >= 4 is 11.8 Å². The van der Waals surface area contributed by atoms with Gasteiger partial charge in [-0.1, -0.05) is 58.4 Å². The van der Waals surface area contributed by atoms with Gasteiger partial charge in [0, 0.05) is 17.3 Å². The fraction of sp³-hybridized carbons (Fsp3) is 0.733. The van der Waals surface area contributed by atoms with Crippen molar-refractivity contribution in [3.05, 3.63) is 34.9 Å². The van der Waals surface area contributed by atoms with Crippen LogP contribution in [-0.2, 0) is 14.3 Å². The Balaban J connectivity index is 1.55. The molecular formula is C30H42O4. The number of hydrogen-bond acceptors (Lipinski definition) is 4. The quantitative estimate of drug-likeness (QED) is 0.412. The Kier molecular flexibility index (Phi) is 5.24. The highest BCUT2D eigenvalue weighted by Crippen LogP contribution is 2.73. The summed E-state index contributed by atoms with van der Waals surface area (Å²) in [6.45, 7) is 15.3. The van der Waals surface area contributed by atoms with Crippen LogP contribution >= 0.6 is 0 Å². The van der Waals surface area contributed by atoms with E-state index in [2.05, 4.69) is 46.8 Å². The molecule has 5 rings (SSSR count). The average Bonchev–Trinajstić information content (AvgIpc) is 2.93. The van der Waals surface area contributed by atoms with E-state index < -0.39 is 6.10 Å². The van der Waals surface area contributed by atoms with Gasteiger partial charge in [0.15, 0.2) is 0 Å². The first kappa shape index (κ1) is 24.0. The van der Waals surface area contributed by atoms with Crippen LogP contribution < -0.4 is 0 Å². The minimum Gasteiger partial charge on any atom is -0.461 e. The highest BCUT2D eigenvalue weighted by Gasteiger charge is 2.70. The van der Waals surface area contributed by atoms with Crippen LogP contribution in [0.2, 0.25) is 0 Å². The van der Waals surface area contributed by atoms with Gasteiger partial charge in [0.05, 0.1) is 12.0 Å². The van der Waals surface area contributed by atoms with E-state index >= 15 is 0 Å². The largest absolute Gasteiger partial charge is 0.461 e. The molecule has 1 aliphatic heterocycles. The number of allylic oxidation sites excluding steroid dienone is 4. The standard InChI is InChI=1S/C30H42O4/c1-17(2)14-18(31)15-19-22-16-25(34-26(19)33)30(7)21-8-9-23-27(3,4)24(32)11-12-28(23,5)20(21)10-13-29(22,30)6/h8,10,14,18-19,22-23,25,31H,9,11-13,15-16H2,1-7H3/t18-,19-,22-,23?,25?,28+,29-,30-/m0/s1. The van der Waals surface area contributed by atoms with E-state index in [1.165, 1.54) is 11.1 Å². The molecule has 3 fully saturated rings. The van der Waals surface area contributed by atoms with Crippen LogP contribution in [0.3, 0.4) is 0 Å². The van der Waals surface area contributed by atoms with Crippen molar-refractivity contribution in [2.75, 3.05) is 0 Å². The summed E-state index contributed by atoms with van der Waals surface area (Å²) in [5, 5.41) is 10.6. The van der Waals surface area contributed by atoms with Crippen LogP contribution in [0.5, 0.6) is 0 Å². The Morgan fingerprint density at radius 3 is 2.53 bits per heavy atom. The maximum absolute atomic E-state index is 13.2. The van der Waals surface area contributed by atoms with Crippen molar-refractivity contribution in [2.45, 2.75) is 99.2 Å². The van der Waals surface area contributed by atoms with E-state index in [0.29, 0.717) is 24.5 Å². The zero-order valence-electron chi connectivity index (χ0n) is 22.0. The normalized spacial score (nSPS) is 45.2. The molecule has 0 radical (unpaired) electrons. The number of ether oxygens (including phenoxy) is 1. The first-order chi connectivity index (χ1) is 15.8. The number of Topliss-reactive ketones (excluding diaryl/α,β-unsaturated/α-hetero) is 1. The minimum absolute atomic E-state index is 0.0222. The van der Waals surface area contributed by atoms with E-state index in [-0.39, 0.29) is 45.6 Å². The zero-order valence-corrected chi connectivity index (χ0v) is 22.0. The van der Waals surface area contributed by atoms with Gasteiger partial charge in [0.2, 0.25) is 0 Å². The van der Waals surface area contributed by atoms with Crippen LogP contribution in [0, 0.1) is 39.4 Å². The van der Waals surface area contributed by atoms with Gasteiger partial charge in [0.1, 0.15) is 11.9 Å². The molecule has 4 nitrogen and oxygen atoms in total. The predicted molar refractivity (Wildman–Crippen MR) is 133 cm³/mol. The van der Waals surface area contributed by atoms with Gasteiger partial charge in [-0.15, -0.1) is 0 Å². The molecule has 1 heterocycles. The topological polar surface area (TPSA) is 63.6 Å². The molecule has 4 heteroatoms. The number of carbonyl (C=O) groups excluding carboxylic acids is 2. The SMILES string of the molecule is CC(C)=C[C@H](O)C[C@@H]1C(=O)OC2C[C@@H]1[C@]1(C)CC=C3C(=CCC4C(C)(C)C(=O)CC[C@]34C)[C@@]21C. The number of hydrogen-bond donors (Lipinski definition) is 1. The van der Waals surface area contributed by atoms with Crippen LogP contribution in [0.25, 0.3) is 0 Å². The van der Waals surface area contributed by atoms with Crippen molar-refractivity contribution in [1.29, 1.82) is 0 Å². The third kappa shape index (κ3) is 2.93. The van der Waals surface area contributed by atoms with Gasteiger partial charge in [-0.3, -0.25) is 9.59 Å². The lowest BCUT2D eigenvalue weighted by atomic mass is 9.44. The summed E-state index contributed by atoms with van der Waals surface area (Å²) >= 11 is 0. The lowest BCUT2D eigenvalue weighted by molar-refractivity contribution is -0.164. The van der Waals surface area contributed by atoms with Crippen LogP contribution in [0.15, 0.2) is 34.9 Å². The van der Waals surface area contributed by atoms with Gasteiger partial charge in [-0.05, 0) is 79.8 Å². The molecule has 186 valence electrons. The average molecular weight is 467 g/mol. The summed E-state index contributed by atoms with van der Waals surface area (Å²) in [7, 11) is 0. The van der Waals surface area contributed by atoms with Crippen molar-refractivity contribution in [3.63, 3.8) is 0 Å². The van der Waals surface area contributed by atoms with Gasteiger partial charge >= 0.3 is 5.97 Å². The second kappa shape index (κ2) is 7.41. The summed E-state index contributed by atoms with van der Waals surface area (Å²) in [5.41, 5.74) is 3.16. The summed E-state index contributed by atoms with van der Waals surface area (Å²) in [6.07, 6.45) is 10.6. The van der Waals surface area contributed by atoms with E-state index in [1.54, 1.807) is 0 Å². The number of esters is 1. The van der Waals surface area contributed by atoms with Crippen molar-refractivity contribution in [2.24, 2.45) is 39.4 Å². The molecule has 0 aromatic rings. The summed E-state index contributed by atoms with van der Waals surface area (Å²) in [6, 6.07) is 0. The molecule has 2 unspecified atom stereocenters. The Morgan fingerprint density at radius 1 is 1.15 bits per heavy atom. The molecule has 4 aliphatic carbocycles. The maximum atomic E-state index is 13.2. The fourth-order valence-corrected chi connectivity index (χ4v) is 9.00. The van der Waals surface area contributed by atoms with E-state index in [9.17, 15) is 14.7 Å². The third-order valence-corrected chi connectivity index (χ3v) is 11.2. The van der Waals surface area contributed by atoms with Gasteiger partial charge in [-0.2, -0.15) is 0 Å². The Morgan fingerprint density at radius 2 is 1.85 bits per heavy atom. The second-order valence-corrected chi connectivity index (χ2v) is 13.3. The summed E-state index contributed by atoms with van der Waals surface area (Å²) < 4.78 is 6.22. The summed E-state index contributed by atoms with van der Waals surface area (Å²) in [4.78, 5) is 26.1. The predicted octanol–water partition coefficient (Wildman–Crippen LogP) is 5.95. The number of ketones is 1. The fourth-order valence-electron chi connectivity index (χ4n) is 9.00. The smallest absolute Gasteiger partial charge is 0.309 e. The number of fused-ring (bicyclic) bond motifs is 9. The number of aliphatic hydroxyl groups is 1. The molecule has 0 amide bonds. The molecule has 34 heavy (non-hydrogen) atoms. The second-order valence-electron chi connectivity index (χ2n) is 13.3. The maximum Gasteiger partial charge on any atom is 0.309 e. The Hall–Kier alpha value is -1.68. The third-order valence-electron chi connectivity index (χ3n) is 11.2. The Labute approximate surface area is 204 Å². The van der Waals surface area contributed by atoms with E-state index in [4.69, 9.17) is 4.74 Å². The van der Waals surface area contributed by atoms with Gasteiger partial charge in [-0.25, -0.2) is 0 Å². The van der Waals surface area contributed by atoms with Gasteiger partial charge in [0.25, 0.3) is 0 Å². The lowest BCUT2D eigenvalue weighted by Gasteiger charge is -2.59. The Bertz CT molecular complexity index is 1030. The molecule has 8 atom stereocenters. The van der Waals surface area contributed by atoms with Crippen LogP contribution in [-0.4, -0.2) is 29.1 Å². The molecule has 0 aromatic heterocycles. The lowest BCUT2D eigenvalue weighted by Crippen LogP contribution is -2.54. The number of aliphatic hydroxyl groups excluding tert-OH is 1. The first-order valence-electron chi connectivity index (χ1n) is 13.3. The van der Waals surface area contributed by atoms with Crippen molar-refractivity contribution in [1.82, 2.24) is 0 Å². The molecular weight excluding hydrogens is 424 g/mol. The molecule has 0 spiro atoms. The highest BCUT2D eigenvalue weighted by atomic mass is 16.5. The molecule has 2 saturated carbocycles.